The van der Waals surface area contributed by atoms with Gasteiger partial charge in [-0.2, -0.15) is 5.26 Å². The molecule has 1 amide bonds. The highest BCUT2D eigenvalue weighted by atomic mass is 35.5. The molecule has 1 heterocycles. The van der Waals surface area contributed by atoms with Gasteiger partial charge in [0, 0.05) is 34.3 Å². The Morgan fingerprint density at radius 3 is 2.56 bits per heavy atom. The molecule has 5 nitrogen and oxygen atoms in total. The summed E-state index contributed by atoms with van der Waals surface area (Å²) in [5.74, 6) is 0.732. The van der Waals surface area contributed by atoms with Crippen molar-refractivity contribution in [1.82, 2.24) is 10.2 Å². The van der Waals surface area contributed by atoms with Crippen molar-refractivity contribution in [2.24, 2.45) is 0 Å². The molecule has 1 aliphatic carbocycles. The molecule has 5 rings (SSSR count). The number of hydrogen-bond acceptors (Lipinski definition) is 5. The number of thiophene rings is 1. The number of carbonyl (C=O) groups is 1. The third kappa shape index (κ3) is 5.81. The monoisotopic (exact) mass is 557 g/mol. The Bertz CT molecular complexity index is 1520. The van der Waals surface area contributed by atoms with E-state index < -0.39 is 0 Å². The molecule has 0 unspecified atom stereocenters. The minimum atomic E-state index is -0.0339. The fourth-order valence-electron chi connectivity index (χ4n) is 5.46. The molecule has 7 heteroatoms. The van der Waals surface area contributed by atoms with E-state index in [-0.39, 0.29) is 11.9 Å². The summed E-state index contributed by atoms with van der Waals surface area (Å²) in [7, 11) is 2.01. The van der Waals surface area contributed by atoms with Crippen LogP contribution in [0.1, 0.15) is 53.4 Å². The first-order valence-electron chi connectivity index (χ1n) is 13.4. The fourth-order valence-corrected chi connectivity index (χ4v) is 6.92. The van der Waals surface area contributed by atoms with Crippen LogP contribution in [-0.4, -0.2) is 36.5 Å². The molecule has 0 spiro atoms. The Balaban J connectivity index is 1.54. The first-order valence-corrected chi connectivity index (χ1v) is 14.6. The topological polar surface area (TPSA) is 65.4 Å². The number of nitriles is 1. The molecular formula is C32H32ClN3O2S. The van der Waals surface area contributed by atoms with Gasteiger partial charge in [-0.05, 0) is 81.1 Å². The van der Waals surface area contributed by atoms with Gasteiger partial charge in [0.15, 0.2) is 0 Å². The van der Waals surface area contributed by atoms with Crippen molar-refractivity contribution in [2.45, 2.75) is 51.2 Å². The number of halogens is 1. The van der Waals surface area contributed by atoms with Gasteiger partial charge in [-0.25, -0.2) is 0 Å². The summed E-state index contributed by atoms with van der Waals surface area (Å²) >= 11 is 8.26. The van der Waals surface area contributed by atoms with Crippen molar-refractivity contribution in [3.8, 4) is 22.9 Å². The number of nitrogens with zero attached hydrogens (tertiary/aromatic N) is 2. The van der Waals surface area contributed by atoms with Crippen LogP contribution >= 0.6 is 22.9 Å². The molecule has 0 saturated heterocycles. The predicted octanol–water partition coefficient (Wildman–Crippen LogP) is 7.67. The number of fused-ring (bicyclic) bond motifs is 1. The maximum Gasteiger partial charge on any atom is 0.266 e. The minimum absolute atomic E-state index is 0.0339. The van der Waals surface area contributed by atoms with E-state index in [2.05, 4.69) is 17.5 Å². The summed E-state index contributed by atoms with van der Waals surface area (Å²) in [4.78, 5) is 16.9. The zero-order valence-corrected chi connectivity index (χ0v) is 23.8. The molecule has 200 valence electrons. The van der Waals surface area contributed by atoms with Crippen LogP contribution in [-0.2, 0) is 6.54 Å². The number of nitrogens with one attached hydrogen (secondary N) is 1. The quantitative estimate of drug-likeness (QED) is 0.241. The van der Waals surface area contributed by atoms with Gasteiger partial charge in [0.25, 0.3) is 5.91 Å². The summed E-state index contributed by atoms with van der Waals surface area (Å²) in [5, 5.41) is 14.2. The van der Waals surface area contributed by atoms with E-state index in [1.54, 1.807) is 6.07 Å². The van der Waals surface area contributed by atoms with E-state index in [4.69, 9.17) is 16.3 Å². The van der Waals surface area contributed by atoms with Crippen LogP contribution in [0.3, 0.4) is 0 Å². The predicted molar refractivity (Wildman–Crippen MR) is 160 cm³/mol. The van der Waals surface area contributed by atoms with Crippen LogP contribution in [0.4, 0.5) is 0 Å². The van der Waals surface area contributed by atoms with Crippen LogP contribution in [0.2, 0.25) is 5.02 Å². The first-order chi connectivity index (χ1) is 19.0. The Morgan fingerprint density at radius 2 is 1.85 bits per heavy atom. The third-order valence-electron chi connectivity index (χ3n) is 7.56. The van der Waals surface area contributed by atoms with Crippen LogP contribution in [0.5, 0.6) is 5.75 Å². The van der Waals surface area contributed by atoms with Crippen molar-refractivity contribution in [1.29, 1.82) is 5.26 Å². The molecule has 39 heavy (non-hydrogen) atoms. The smallest absolute Gasteiger partial charge is 0.266 e. The van der Waals surface area contributed by atoms with Crippen LogP contribution < -0.4 is 10.1 Å². The number of benzene rings is 3. The lowest BCUT2D eigenvalue weighted by Gasteiger charge is -2.37. The fraction of sp³-hybridized carbons (Fsp3) is 0.312. The van der Waals surface area contributed by atoms with Gasteiger partial charge in [0.1, 0.15) is 10.6 Å². The molecule has 1 aromatic heterocycles. The Hall–Kier alpha value is -3.37. The summed E-state index contributed by atoms with van der Waals surface area (Å²) in [6.45, 7) is 2.91. The second-order valence-electron chi connectivity index (χ2n) is 9.92. The van der Waals surface area contributed by atoms with Gasteiger partial charge in [-0.3, -0.25) is 4.79 Å². The zero-order chi connectivity index (χ0) is 27.4. The summed E-state index contributed by atoms with van der Waals surface area (Å²) < 4.78 is 7.04. The van der Waals surface area contributed by atoms with Gasteiger partial charge in [0.05, 0.1) is 23.3 Å². The molecule has 1 fully saturated rings. The number of hydrogen-bond donors (Lipinski definition) is 1. The molecular weight excluding hydrogens is 526 g/mol. The Morgan fingerprint density at radius 1 is 1.08 bits per heavy atom. The van der Waals surface area contributed by atoms with Crippen LogP contribution in [0, 0.1) is 11.3 Å². The molecule has 1 aliphatic rings. The minimum Gasteiger partial charge on any atom is -0.494 e. The number of ether oxygens (including phenoxy) is 1. The summed E-state index contributed by atoms with van der Waals surface area (Å²) in [6.07, 6.45) is 3.88. The highest BCUT2D eigenvalue weighted by Crippen LogP contribution is 2.38. The lowest BCUT2D eigenvalue weighted by molar-refractivity contribution is 0.0604. The van der Waals surface area contributed by atoms with Crippen molar-refractivity contribution in [3.05, 3.63) is 87.8 Å². The molecule has 4 aromatic rings. The Kier molecular flexibility index (Phi) is 8.52. The SMILES string of the molecule is CCOc1ccc(-c2cccc(C#N)c2)cc1CN(C(=O)c1sc2ccccc2c1Cl)[C@H]1CC[C@H](NC)CC1. The Labute approximate surface area is 239 Å². The number of rotatable bonds is 8. The van der Waals surface area contributed by atoms with Gasteiger partial charge < -0.3 is 15.0 Å². The van der Waals surface area contributed by atoms with E-state index >= 15 is 0 Å². The standard InChI is InChI=1S/C32H32ClN3O2S/c1-3-38-28-16-11-23(22-8-6-7-21(17-22)19-34)18-24(28)20-36(26-14-12-25(35-2)13-15-26)32(37)31-30(33)27-9-4-5-10-29(27)39-31/h4-11,16-18,25-26,35H,3,12-15,20H2,1-2H3/t25-,26-. The van der Waals surface area contributed by atoms with E-state index in [0.29, 0.717) is 34.7 Å². The average Bonchev–Trinajstić information content (AvgIpc) is 3.32. The summed E-state index contributed by atoms with van der Waals surface area (Å²) in [5.41, 5.74) is 3.49. The third-order valence-corrected chi connectivity index (χ3v) is 9.23. The number of amides is 1. The van der Waals surface area contributed by atoms with Crippen molar-refractivity contribution in [2.75, 3.05) is 13.7 Å². The molecule has 0 bridgehead atoms. The van der Waals surface area contributed by atoms with E-state index in [1.807, 2.05) is 73.5 Å². The van der Waals surface area contributed by atoms with Crippen molar-refractivity contribution in [3.63, 3.8) is 0 Å². The molecule has 1 saturated carbocycles. The molecule has 1 N–H and O–H groups in total. The largest absolute Gasteiger partial charge is 0.494 e. The molecule has 0 radical (unpaired) electrons. The molecule has 0 atom stereocenters. The lowest BCUT2D eigenvalue weighted by Crippen LogP contribution is -2.44. The van der Waals surface area contributed by atoms with E-state index in [9.17, 15) is 10.1 Å². The number of carbonyl (C=O) groups excluding carboxylic acids is 1. The first kappa shape index (κ1) is 27.2. The van der Waals surface area contributed by atoms with Gasteiger partial charge >= 0.3 is 0 Å². The van der Waals surface area contributed by atoms with Crippen molar-refractivity contribution < 1.29 is 9.53 Å². The lowest BCUT2D eigenvalue weighted by atomic mass is 9.89. The molecule has 0 aliphatic heterocycles. The highest BCUT2D eigenvalue weighted by Gasteiger charge is 2.32. The normalized spacial score (nSPS) is 17.1. The zero-order valence-electron chi connectivity index (χ0n) is 22.2. The highest BCUT2D eigenvalue weighted by molar-refractivity contribution is 7.21. The molecule has 3 aromatic carbocycles. The van der Waals surface area contributed by atoms with E-state index in [0.717, 1.165) is 58.2 Å². The van der Waals surface area contributed by atoms with Crippen molar-refractivity contribution >= 4 is 38.9 Å². The van der Waals surface area contributed by atoms with Crippen LogP contribution in [0.25, 0.3) is 21.2 Å². The van der Waals surface area contributed by atoms with E-state index in [1.165, 1.54) is 11.3 Å². The maximum absolute atomic E-state index is 14.3. The van der Waals surface area contributed by atoms with Gasteiger partial charge in [-0.15, -0.1) is 11.3 Å². The second kappa shape index (κ2) is 12.2. The summed E-state index contributed by atoms with van der Waals surface area (Å²) in [6, 6.07) is 24.4. The van der Waals surface area contributed by atoms with Crippen LogP contribution in [0.15, 0.2) is 66.7 Å². The van der Waals surface area contributed by atoms with Gasteiger partial charge in [0.2, 0.25) is 0 Å². The maximum atomic E-state index is 14.3. The second-order valence-corrected chi connectivity index (χ2v) is 11.3. The van der Waals surface area contributed by atoms with Gasteiger partial charge in [-0.1, -0.05) is 48.0 Å². The average molecular weight is 558 g/mol.